The van der Waals surface area contributed by atoms with Crippen molar-refractivity contribution in [3.05, 3.63) is 42.3 Å². The van der Waals surface area contributed by atoms with E-state index in [4.69, 9.17) is 9.47 Å². The van der Waals surface area contributed by atoms with Gasteiger partial charge in [0.1, 0.15) is 11.8 Å². The first-order valence-electron chi connectivity index (χ1n) is 4.65. The van der Waals surface area contributed by atoms with Crippen LogP contribution in [0.3, 0.4) is 0 Å². The molecule has 5 heteroatoms. The topological polar surface area (TPSA) is 63.2 Å². The van der Waals surface area contributed by atoms with Crippen LogP contribution in [0.25, 0.3) is 0 Å². The Bertz CT molecular complexity index is 352. The van der Waals surface area contributed by atoms with Crippen molar-refractivity contribution in [2.75, 3.05) is 6.61 Å². The second-order valence-corrected chi connectivity index (χ2v) is 2.78. The maximum absolute atomic E-state index is 11.0. The fourth-order valence-electron chi connectivity index (χ4n) is 0.985. The molecule has 88 valence electrons. The quantitative estimate of drug-likeness (QED) is 0.368. The van der Waals surface area contributed by atoms with Crippen LogP contribution >= 0.6 is 0 Å². The van der Waals surface area contributed by atoms with Crippen LogP contribution in [0, 0.1) is 0 Å². The van der Waals surface area contributed by atoms with Crippen molar-refractivity contribution in [3.8, 4) is 5.75 Å². The van der Waals surface area contributed by atoms with E-state index >= 15 is 0 Å². The molecule has 0 aromatic heterocycles. The Morgan fingerprint density at radius 3 is 2.56 bits per heavy atom. The first kappa shape index (κ1) is 14.5. The Balaban J connectivity index is 0.00000225. The molecule has 0 aliphatic rings. The fourth-order valence-corrected chi connectivity index (χ4v) is 0.985. The molecule has 3 N–H and O–H groups in total. The third kappa shape index (κ3) is 5.38. The summed E-state index contributed by atoms with van der Waals surface area (Å²) in [4.78, 5) is 11.0. The standard InChI is InChI=1S/C11H13NO3.ClH/c1-2-14-11(13)8-10(12)15-9-6-4-3-5-7-9;/h3-8H,2,12H2,1H3;1H. The second kappa shape index (κ2) is 7.73. The summed E-state index contributed by atoms with van der Waals surface area (Å²) < 4.78 is 10.00. The molecule has 4 nitrogen and oxygen atoms in total. The number of quaternary nitrogens is 1. The molecule has 0 radical (unpaired) electrons. The largest absolute Gasteiger partial charge is 1.00 e. The average Bonchev–Trinajstić information content (AvgIpc) is 2.19. The Kier molecular flexibility index (Phi) is 7.00. The summed E-state index contributed by atoms with van der Waals surface area (Å²) >= 11 is 0. The summed E-state index contributed by atoms with van der Waals surface area (Å²) in [7, 11) is 0. The van der Waals surface area contributed by atoms with Crippen LogP contribution in [0.4, 0.5) is 0 Å². The van der Waals surface area contributed by atoms with Gasteiger partial charge in [0.15, 0.2) is 0 Å². The van der Waals surface area contributed by atoms with Gasteiger partial charge < -0.3 is 21.9 Å². The molecular formula is C11H14ClNO3. The number of ether oxygens (including phenoxy) is 2. The lowest BCUT2D eigenvalue weighted by Crippen LogP contribution is -3.00. The molecule has 0 bridgehead atoms. The number of para-hydroxylation sites is 1. The predicted octanol–water partition coefficient (Wildman–Crippen LogP) is -2.28. The monoisotopic (exact) mass is 243 g/mol. The Labute approximate surface area is 100 Å². The van der Waals surface area contributed by atoms with Gasteiger partial charge in [0.05, 0.1) is 6.61 Å². The fraction of sp³-hybridized carbons (Fsp3) is 0.182. The highest BCUT2D eigenvalue weighted by atomic mass is 35.5. The van der Waals surface area contributed by atoms with Gasteiger partial charge in [-0.3, -0.25) is 5.73 Å². The first-order chi connectivity index (χ1) is 7.22. The number of carbonyl (C=O) groups is 1. The third-order valence-corrected chi connectivity index (χ3v) is 1.56. The molecule has 0 aliphatic carbocycles. The number of hydrogen-bond donors (Lipinski definition) is 1. The Morgan fingerprint density at radius 1 is 1.38 bits per heavy atom. The summed E-state index contributed by atoms with van der Waals surface area (Å²) in [6.45, 7) is 2.08. The minimum Gasteiger partial charge on any atom is -1.00 e. The lowest BCUT2D eigenvalue weighted by Gasteiger charge is -2.01. The molecule has 16 heavy (non-hydrogen) atoms. The molecule has 1 rings (SSSR count). The van der Waals surface area contributed by atoms with E-state index in [9.17, 15) is 4.79 Å². The molecule has 0 atom stereocenters. The lowest BCUT2D eigenvalue weighted by atomic mass is 10.3. The van der Waals surface area contributed by atoms with Crippen molar-refractivity contribution in [3.63, 3.8) is 0 Å². The van der Waals surface area contributed by atoms with Crippen molar-refractivity contribution >= 4 is 5.97 Å². The van der Waals surface area contributed by atoms with Crippen molar-refractivity contribution < 1.29 is 32.4 Å². The smallest absolute Gasteiger partial charge is 0.340 e. The van der Waals surface area contributed by atoms with Gasteiger partial charge in [-0.05, 0) is 19.1 Å². The SMILES string of the molecule is CCOC(=O)C=C([NH3+])Oc1ccccc1.[Cl-]. The number of carbonyl (C=O) groups excluding carboxylic acids is 1. The van der Waals surface area contributed by atoms with E-state index < -0.39 is 5.97 Å². The van der Waals surface area contributed by atoms with Crippen molar-refractivity contribution in [2.45, 2.75) is 6.92 Å². The van der Waals surface area contributed by atoms with Gasteiger partial charge in [-0.15, -0.1) is 0 Å². The first-order valence-corrected chi connectivity index (χ1v) is 4.65. The molecule has 1 aromatic carbocycles. The van der Waals surface area contributed by atoms with Gasteiger partial charge in [-0.2, -0.15) is 0 Å². The molecule has 0 unspecified atom stereocenters. The zero-order valence-electron chi connectivity index (χ0n) is 8.98. The third-order valence-electron chi connectivity index (χ3n) is 1.56. The van der Waals surface area contributed by atoms with Crippen LogP contribution in [0.2, 0.25) is 0 Å². The highest BCUT2D eigenvalue weighted by Gasteiger charge is 2.03. The van der Waals surface area contributed by atoms with E-state index in [1.807, 2.05) is 18.2 Å². The predicted molar refractivity (Wildman–Crippen MR) is 54.7 cm³/mol. The molecule has 0 saturated carbocycles. The van der Waals surface area contributed by atoms with E-state index in [1.54, 1.807) is 19.1 Å². The molecule has 1 aromatic rings. The minimum atomic E-state index is -0.446. The molecule has 0 spiro atoms. The number of halogens is 1. The van der Waals surface area contributed by atoms with Gasteiger partial charge in [-0.1, -0.05) is 18.2 Å². The maximum Gasteiger partial charge on any atom is 0.340 e. The number of hydrogen-bond acceptors (Lipinski definition) is 3. The summed E-state index contributed by atoms with van der Waals surface area (Å²) in [5.74, 6) is 0.459. The summed E-state index contributed by atoms with van der Waals surface area (Å²) in [6, 6.07) is 9.12. The van der Waals surface area contributed by atoms with Crippen molar-refractivity contribution in [2.24, 2.45) is 0 Å². The van der Waals surface area contributed by atoms with Crippen LogP contribution in [-0.2, 0) is 9.53 Å². The van der Waals surface area contributed by atoms with Crippen LogP contribution in [0.5, 0.6) is 5.75 Å². The molecule has 0 amide bonds. The molecule has 0 fully saturated rings. The molecule has 0 heterocycles. The van der Waals surface area contributed by atoms with Crippen LogP contribution < -0.4 is 22.9 Å². The van der Waals surface area contributed by atoms with E-state index in [-0.39, 0.29) is 18.3 Å². The molecule has 0 saturated heterocycles. The number of esters is 1. The highest BCUT2D eigenvalue weighted by Crippen LogP contribution is 2.09. The number of rotatable bonds is 4. The Morgan fingerprint density at radius 2 is 2.00 bits per heavy atom. The molecular weight excluding hydrogens is 230 g/mol. The van der Waals surface area contributed by atoms with Crippen LogP contribution in [-0.4, -0.2) is 12.6 Å². The summed E-state index contributed by atoms with van der Waals surface area (Å²) in [5.41, 5.74) is 3.59. The second-order valence-electron chi connectivity index (χ2n) is 2.78. The van der Waals surface area contributed by atoms with Gasteiger partial charge in [0, 0.05) is 0 Å². The summed E-state index contributed by atoms with van der Waals surface area (Å²) in [6.07, 6.45) is 1.22. The normalized spacial score (nSPS) is 10.2. The minimum absolute atomic E-state index is 0. The zero-order chi connectivity index (χ0) is 11.1. The van der Waals surface area contributed by atoms with E-state index in [2.05, 4.69) is 5.73 Å². The summed E-state index contributed by atoms with van der Waals surface area (Å²) in [5, 5.41) is 0. The maximum atomic E-state index is 11.0. The Hall–Kier alpha value is -1.52. The lowest BCUT2D eigenvalue weighted by molar-refractivity contribution is -0.342. The van der Waals surface area contributed by atoms with Crippen molar-refractivity contribution in [1.82, 2.24) is 0 Å². The van der Waals surface area contributed by atoms with Gasteiger partial charge in [0.25, 0.3) is 5.88 Å². The zero-order valence-corrected chi connectivity index (χ0v) is 9.74. The van der Waals surface area contributed by atoms with Crippen molar-refractivity contribution in [1.29, 1.82) is 0 Å². The van der Waals surface area contributed by atoms with Gasteiger partial charge in [0.2, 0.25) is 0 Å². The average molecular weight is 244 g/mol. The van der Waals surface area contributed by atoms with Crippen LogP contribution in [0.1, 0.15) is 6.92 Å². The highest BCUT2D eigenvalue weighted by molar-refractivity contribution is 5.82. The van der Waals surface area contributed by atoms with Crippen LogP contribution in [0.15, 0.2) is 42.3 Å². The van der Waals surface area contributed by atoms with Gasteiger partial charge in [-0.25, -0.2) is 4.79 Å². The molecule has 0 aliphatic heterocycles. The number of benzene rings is 1. The van der Waals surface area contributed by atoms with E-state index in [0.29, 0.717) is 12.4 Å². The van der Waals surface area contributed by atoms with E-state index in [0.717, 1.165) is 0 Å². The van der Waals surface area contributed by atoms with Gasteiger partial charge >= 0.3 is 5.97 Å². The van der Waals surface area contributed by atoms with E-state index in [1.165, 1.54) is 6.08 Å².